The van der Waals surface area contributed by atoms with Gasteiger partial charge in [0.2, 0.25) is 0 Å². The third-order valence-electron chi connectivity index (χ3n) is 2.83. The summed E-state index contributed by atoms with van der Waals surface area (Å²) in [6.07, 6.45) is 4.25. The van der Waals surface area contributed by atoms with Crippen LogP contribution in [0.25, 0.3) is 0 Å². The minimum atomic E-state index is 0.317. The first-order valence-corrected chi connectivity index (χ1v) is 6.58. The number of carbonyl (C=O) groups is 1. The maximum Gasteiger partial charge on any atom is 0.153 e. The molecule has 0 bridgehead atoms. The first kappa shape index (κ1) is 12.6. The predicted octanol–water partition coefficient (Wildman–Crippen LogP) is 3.21. The Hall–Kier alpha value is -0.870. The number of aldehydes is 1. The van der Waals surface area contributed by atoms with Gasteiger partial charge in [-0.2, -0.15) is 0 Å². The van der Waals surface area contributed by atoms with E-state index >= 15 is 0 Å². The molecule has 1 aliphatic rings. The molecule has 0 aliphatic carbocycles. The Kier molecular flexibility index (Phi) is 4.57. The number of para-hydroxylation sites is 1. The number of hydrogen-bond acceptors (Lipinski definition) is 3. The molecule has 1 fully saturated rings. The SMILES string of the molecule is O=Cc1cccc(Br)c1OCCC1CCCO1. The van der Waals surface area contributed by atoms with Gasteiger partial charge in [0.15, 0.2) is 6.29 Å². The summed E-state index contributed by atoms with van der Waals surface area (Å²) in [4.78, 5) is 10.9. The van der Waals surface area contributed by atoms with Crippen LogP contribution in [0.5, 0.6) is 5.75 Å². The number of hydrogen-bond donors (Lipinski definition) is 0. The molecule has 1 aromatic rings. The zero-order valence-corrected chi connectivity index (χ0v) is 11.1. The zero-order valence-electron chi connectivity index (χ0n) is 9.52. The molecule has 1 saturated heterocycles. The minimum absolute atomic E-state index is 0.317. The van der Waals surface area contributed by atoms with Gasteiger partial charge < -0.3 is 9.47 Å². The highest BCUT2D eigenvalue weighted by Gasteiger charge is 2.16. The van der Waals surface area contributed by atoms with Crippen LogP contribution in [-0.4, -0.2) is 25.6 Å². The van der Waals surface area contributed by atoms with E-state index in [2.05, 4.69) is 15.9 Å². The van der Waals surface area contributed by atoms with Gasteiger partial charge >= 0.3 is 0 Å². The molecule has 0 aromatic heterocycles. The van der Waals surface area contributed by atoms with Crippen molar-refractivity contribution in [2.45, 2.75) is 25.4 Å². The molecule has 1 atom stereocenters. The average molecular weight is 299 g/mol. The Morgan fingerprint density at radius 2 is 2.41 bits per heavy atom. The van der Waals surface area contributed by atoms with Crippen molar-refractivity contribution in [2.24, 2.45) is 0 Å². The van der Waals surface area contributed by atoms with Gasteiger partial charge in [0, 0.05) is 13.0 Å². The van der Waals surface area contributed by atoms with E-state index in [0.29, 0.717) is 24.0 Å². The van der Waals surface area contributed by atoms with Gasteiger partial charge in [0.05, 0.1) is 22.7 Å². The van der Waals surface area contributed by atoms with Gasteiger partial charge in [0.25, 0.3) is 0 Å². The van der Waals surface area contributed by atoms with E-state index < -0.39 is 0 Å². The van der Waals surface area contributed by atoms with E-state index in [-0.39, 0.29) is 0 Å². The highest BCUT2D eigenvalue weighted by Crippen LogP contribution is 2.28. The molecule has 1 unspecified atom stereocenters. The first-order valence-electron chi connectivity index (χ1n) is 5.79. The molecule has 1 aromatic carbocycles. The van der Waals surface area contributed by atoms with E-state index in [1.807, 2.05) is 12.1 Å². The molecule has 1 heterocycles. The quantitative estimate of drug-likeness (QED) is 0.783. The van der Waals surface area contributed by atoms with Crippen molar-refractivity contribution in [1.82, 2.24) is 0 Å². The molecule has 0 amide bonds. The lowest BCUT2D eigenvalue weighted by atomic mass is 10.2. The molecular weight excluding hydrogens is 284 g/mol. The van der Waals surface area contributed by atoms with Crippen molar-refractivity contribution in [1.29, 1.82) is 0 Å². The van der Waals surface area contributed by atoms with Gasteiger partial charge in [0.1, 0.15) is 5.75 Å². The van der Waals surface area contributed by atoms with Gasteiger partial charge in [-0.05, 0) is 40.9 Å². The van der Waals surface area contributed by atoms with Crippen LogP contribution in [0.3, 0.4) is 0 Å². The molecule has 0 spiro atoms. The van der Waals surface area contributed by atoms with Crippen molar-refractivity contribution in [3.63, 3.8) is 0 Å². The monoisotopic (exact) mass is 298 g/mol. The van der Waals surface area contributed by atoms with Crippen molar-refractivity contribution in [3.8, 4) is 5.75 Å². The average Bonchev–Trinajstić information content (AvgIpc) is 2.84. The number of carbonyl (C=O) groups excluding carboxylic acids is 1. The summed E-state index contributed by atoms with van der Waals surface area (Å²) in [7, 11) is 0. The lowest BCUT2D eigenvalue weighted by Gasteiger charge is -2.13. The Labute approximate surface area is 109 Å². The Morgan fingerprint density at radius 1 is 1.53 bits per heavy atom. The highest BCUT2D eigenvalue weighted by atomic mass is 79.9. The normalized spacial score (nSPS) is 19.2. The zero-order chi connectivity index (χ0) is 12.1. The second-order valence-electron chi connectivity index (χ2n) is 4.05. The largest absolute Gasteiger partial charge is 0.492 e. The van der Waals surface area contributed by atoms with Crippen LogP contribution < -0.4 is 4.74 Å². The van der Waals surface area contributed by atoms with Gasteiger partial charge in [-0.3, -0.25) is 4.79 Å². The fraction of sp³-hybridized carbons (Fsp3) is 0.462. The molecule has 1 aliphatic heterocycles. The van der Waals surface area contributed by atoms with Crippen molar-refractivity contribution in [2.75, 3.05) is 13.2 Å². The molecule has 0 radical (unpaired) electrons. The van der Waals surface area contributed by atoms with Crippen LogP contribution in [0, 0.1) is 0 Å². The van der Waals surface area contributed by atoms with E-state index in [1.54, 1.807) is 6.07 Å². The molecule has 92 valence electrons. The molecule has 0 N–H and O–H groups in total. The van der Waals surface area contributed by atoms with E-state index in [0.717, 1.165) is 36.6 Å². The molecule has 17 heavy (non-hydrogen) atoms. The molecule has 3 nitrogen and oxygen atoms in total. The van der Waals surface area contributed by atoms with Crippen LogP contribution in [0.1, 0.15) is 29.6 Å². The molecular formula is C13H15BrO3. The van der Waals surface area contributed by atoms with Gasteiger partial charge in [-0.25, -0.2) is 0 Å². The summed E-state index contributed by atoms with van der Waals surface area (Å²) in [6.45, 7) is 1.44. The fourth-order valence-corrected chi connectivity index (χ4v) is 2.43. The van der Waals surface area contributed by atoms with Gasteiger partial charge in [-0.15, -0.1) is 0 Å². The first-order chi connectivity index (χ1) is 8.31. The number of halogens is 1. The fourth-order valence-electron chi connectivity index (χ4n) is 1.94. The van der Waals surface area contributed by atoms with Crippen molar-refractivity contribution < 1.29 is 14.3 Å². The van der Waals surface area contributed by atoms with Crippen molar-refractivity contribution >= 4 is 22.2 Å². The Bertz CT molecular complexity index is 386. The summed E-state index contributed by atoms with van der Waals surface area (Å²) >= 11 is 3.39. The van der Waals surface area contributed by atoms with Crippen LogP contribution in [-0.2, 0) is 4.74 Å². The van der Waals surface area contributed by atoms with E-state index in [4.69, 9.17) is 9.47 Å². The third kappa shape index (κ3) is 3.30. The summed E-state index contributed by atoms with van der Waals surface area (Å²) in [5.41, 5.74) is 0.576. The second kappa shape index (κ2) is 6.17. The van der Waals surface area contributed by atoms with E-state index in [9.17, 15) is 4.79 Å². The summed E-state index contributed by atoms with van der Waals surface area (Å²) in [5.74, 6) is 0.625. The van der Waals surface area contributed by atoms with Crippen molar-refractivity contribution in [3.05, 3.63) is 28.2 Å². The lowest BCUT2D eigenvalue weighted by molar-refractivity contribution is 0.0900. The Balaban J connectivity index is 1.91. The maximum atomic E-state index is 10.9. The summed E-state index contributed by atoms with van der Waals surface area (Å²) in [5, 5.41) is 0. The third-order valence-corrected chi connectivity index (χ3v) is 3.46. The number of benzene rings is 1. The highest BCUT2D eigenvalue weighted by molar-refractivity contribution is 9.10. The Morgan fingerprint density at radius 3 is 3.12 bits per heavy atom. The molecule has 2 rings (SSSR count). The van der Waals surface area contributed by atoms with Gasteiger partial charge in [-0.1, -0.05) is 6.07 Å². The topological polar surface area (TPSA) is 35.5 Å². The summed E-state index contributed by atoms with van der Waals surface area (Å²) < 4.78 is 12.0. The smallest absolute Gasteiger partial charge is 0.153 e. The molecule has 0 saturated carbocycles. The van der Waals surface area contributed by atoms with Crippen LogP contribution in [0.2, 0.25) is 0 Å². The second-order valence-corrected chi connectivity index (χ2v) is 4.90. The lowest BCUT2D eigenvalue weighted by Crippen LogP contribution is -2.11. The maximum absolute atomic E-state index is 10.9. The summed E-state index contributed by atoms with van der Waals surface area (Å²) in [6, 6.07) is 5.44. The standard InChI is InChI=1S/C13H15BrO3/c14-12-5-1-3-10(9-15)13(12)17-8-6-11-4-2-7-16-11/h1,3,5,9,11H,2,4,6-8H2. The van der Waals surface area contributed by atoms with Crippen LogP contribution in [0.4, 0.5) is 0 Å². The number of rotatable bonds is 5. The number of ether oxygens (including phenoxy) is 2. The van der Waals surface area contributed by atoms with E-state index in [1.165, 1.54) is 0 Å². The predicted molar refractivity (Wildman–Crippen MR) is 68.6 cm³/mol. The van der Waals surface area contributed by atoms with Crippen LogP contribution >= 0.6 is 15.9 Å². The van der Waals surface area contributed by atoms with Crippen LogP contribution in [0.15, 0.2) is 22.7 Å². The minimum Gasteiger partial charge on any atom is -0.492 e. The molecule has 4 heteroatoms.